The van der Waals surface area contributed by atoms with Gasteiger partial charge in [-0.05, 0) is 56.2 Å². The maximum Gasteiger partial charge on any atom is 0.123 e. The van der Waals surface area contributed by atoms with E-state index in [1.165, 1.54) is 49.9 Å². The van der Waals surface area contributed by atoms with Crippen LogP contribution in [0.25, 0.3) is 0 Å². The number of hydrogen-bond acceptors (Lipinski definition) is 3. The Labute approximate surface area is 128 Å². The summed E-state index contributed by atoms with van der Waals surface area (Å²) in [7, 11) is 0. The number of rotatable bonds is 5. The van der Waals surface area contributed by atoms with E-state index < -0.39 is 0 Å². The third-order valence-electron chi connectivity index (χ3n) is 4.85. The summed E-state index contributed by atoms with van der Waals surface area (Å²) >= 11 is 0. The number of piperazine rings is 1. The van der Waals surface area contributed by atoms with E-state index in [0.717, 1.165) is 31.8 Å². The first-order valence-electron chi connectivity index (χ1n) is 8.51. The van der Waals surface area contributed by atoms with Gasteiger partial charge in [-0.1, -0.05) is 12.1 Å². The molecule has 0 radical (unpaired) electrons. The number of nitrogens with one attached hydrogen (secondary N) is 1. The molecule has 1 heterocycles. The third kappa shape index (κ3) is 3.98. The smallest absolute Gasteiger partial charge is 0.123 e. The predicted octanol–water partition coefficient (Wildman–Crippen LogP) is 2.76. The van der Waals surface area contributed by atoms with Gasteiger partial charge in [-0.3, -0.25) is 0 Å². The standard InChI is InChI=1S/C18H28N2O/c1-15-5-4-8-18(21-16-6-2-3-7-16)17(15)9-12-20-13-10-19-11-14-20/h4-5,8,16,19H,2-3,6-7,9-14H2,1H3. The summed E-state index contributed by atoms with van der Waals surface area (Å²) in [5.74, 6) is 1.14. The number of benzene rings is 1. The van der Waals surface area contributed by atoms with E-state index in [-0.39, 0.29) is 0 Å². The van der Waals surface area contributed by atoms with Crippen LogP contribution in [0.5, 0.6) is 5.75 Å². The minimum Gasteiger partial charge on any atom is -0.490 e. The van der Waals surface area contributed by atoms with Crippen LogP contribution in [-0.2, 0) is 6.42 Å². The topological polar surface area (TPSA) is 24.5 Å². The van der Waals surface area contributed by atoms with Gasteiger partial charge in [-0.15, -0.1) is 0 Å². The molecule has 3 rings (SSSR count). The maximum absolute atomic E-state index is 6.30. The van der Waals surface area contributed by atoms with Crippen molar-refractivity contribution in [1.82, 2.24) is 10.2 Å². The second kappa shape index (κ2) is 7.28. The zero-order chi connectivity index (χ0) is 14.5. The fourth-order valence-electron chi connectivity index (χ4n) is 3.50. The first-order valence-corrected chi connectivity index (χ1v) is 8.51. The summed E-state index contributed by atoms with van der Waals surface area (Å²) in [6, 6.07) is 6.51. The van der Waals surface area contributed by atoms with E-state index >= 15 is 0 Å². The van der Waals surface area contributed by atoms with E-state index in [9.17, 15) is 0 Å². The lowest BCUT2D eigenvalue weighted by Crippen LogP contribution is -2.44. The van der Waals surface area contributed by atoms with E-state index in [0.29, 0.717) is 6.10 Å². The van der Waals surface area contributed by atoms with Gasteiger partial charge in [-0.25, -0.2) is 0 Å². The molecule has 2 fully saturated rings. The summed E-state index contributed by atoms with van der Waals surface area (Å²) in [4.78, 5) is 2.56. The molecule has 0 aromatic heterocycles. The van der Waals surface area contributed by atoms with Gasteiger partial charge in [0.25, 0.3) is 0 Å². The van der Waals surface area contributed by atoms with Crippen molar-refractivity contribution in [1.29, 1.82) is 0 Å². The number of nitrogens with zero attached hydrogens (tertiary/aromatic N) is 1. The lowest BCUT2D eigenvalue weighted by atomic mass is 10.0. The molecule has 0 bridgehead atoms. The highest BCUT2D eigenvalue weighted by molar-refractivity contribution is 5.40. The largest absolute Gasteiger partial charge is 0.490 e. The molecule has 0 amide bonds. The average molecular weight is 288 g/mol. The normalized spacial score (nSPS) is 20.8. The molecule has 0 spiro atoms. The van der Waals surface area contributed by atoms with Crippen LogP contribution >= 0.6 is 0 Å². The summed E-state index contributed by atoms with van der Waals surface area (Å²) in [5.41, 5.74) is 2.79. The highest BCUT2D eigenvalue weighted by Gasteiger charge is 2.19. The van der Waals surface area contributed by atoms with Crippen LogP contribution in [-0.4, -0.2) is 43.7 Å². The van der Waals surface area contributed by atoms with Crippen LogP contribution < -0.4 is 10.1 Å². The van der Waals surface area contributed by atoms with Crippen LogP contribution in [0.1, 0.15) is 36.8 Å². The van der Waals surface area contributed by atoms with Gasteiger partial charge in [0, 0.05) is 32.7 Å². The number of hydrogen-bond donors (Lipinski definition) is 1. The maximum atomic E-state index is 6.30. The molecule has 1 N–H and O–H groups in total. The van der Waals surface area contributed by atoms with Crippen molar-refractivity contribution < 1.29 is 4.74 Å². The van der Waals surface area contributed by atoms with Crippen molar-refractivity contribution in [2.45, 2.75) is 45.1 Å². The second-order valence-corrected chi connectivity index (χ2v) is 6.42. The Bertz CT molecular complexity index is 449. The third-order valence-corrected chi connectivity index (χ3v) is 4.85. The molecule has 1 aromatic rings. The first kappa shape index (κ1) is 14.9. The Morgan fingerprint density at radius 3 is 2.71 bits per heavy atom. The molecular formula is C18H28N2O. The van der Waals surface area contributed by atoms with Gasteiger partial charge in [0.15, 0.2) is 0 Å². The lowest BCUT2D eigenvalue weighted by molar-refractivity contribution is 0.205. The van der Waals surface area contributed by atoms with Crippen molar-refractivity contribution in [3.05, 3.63) is 29.3 Å². The monoisotopic (exact) mass is 288 g/mol. The Morgan fingerprint density at radius 1 is 1.19 bits per heavy atom. The molecule has 116 valence electrons. The summed E-state index contributed by atoms with van der Waals surface area (Å²) in [5, 5.41) is 3.42. The van der Waals surface area contributed by atoms with Crippen LogP contribution in [0.2, 0.25) is 0 Å². The van der Waals surface area contributed by atoms with E-state index in [1.807, 2.05) is 0 Å². The number of ether oxygens (including phenoxy) is 1. The molecular weight excluding hydrogens is 260 g/mol. The van der Waals surface area contributed by atoms with Gasteiger partial charge in [0.1, 0.15) is 5.75 Å². The molecule has 3 nitrogen and oxygen atoms in total. The Balaban J connectivity index is 1.64. The second-order valence-electron chi connectivity index (χ2n) is 6.42. The van der Waals surface area contributed by atoms with E-state index in [2.05, 4.69) is 35.3 Å². The van der Waals surface area contributed by atoms with Crippen molar-refractivity contribution >= 4 is 0 Å². The van der Waals surface area contributed by atoms with Crippen molar-refractivity contribution in [2.75, 3.05) is 32.7 Å². The van der Waals surface area contributed by atoms with Crippen molar-refractivity contribution in [3.8, 4) is 5.75 Å². The van der Waals surface area contributed by atoms with E-state index in [1.54, 1.807) is 0 Å². The molecule has 2 aliphatic rings. The lowest BCUT2D eigenvalue weighted by Gasteiger charge is -2.28. The molecule has 0 unspecified atom stereocenters. The molecule has 1 aliphatic heterocycles. The summed E-state index contributed by atoms with van der Waals surface area (Å²) in [6.07, 6.45) is 6.66. The molecule has 3 heteroatoms. The van der Waals surface area contributed by atoms with Crippen molar-refractivity contribution in [2.24, 2.45) is 0 Å². The highest BCUT2D eigenvalue weighted by atomic mass is 16.5. The molecule has 21 heavy (non-hydrogen) atoms. The summed E-state index contributed by atoms with van der Waals surface area (Å²) < 4.78 is 6.30. The predicted molar refractivity (Wildman–Crippen MR) is 87.1 cm³/mol. The fraction of sp³-hybridized carbons (Fsp3) is 0.667. The Morgan fingerprint density at radius 2 is 1.95 bits per heavy atom. The quantitative estimate of drug-likeness (QED) is 0.901. The molecule has 1 saturated heterocycles. The van der Waals surface area contributed by atoms with Gasteiger partial charge in [0.05, 0.1) is 6.10 Å². The molecule has 1 saturated carbocycles. The average Bonchev–Trinajstić information content (AvgIpc) is 3.01. The Hall–Kier alpha value is -1.06. The SMILES string of the molecule is Cc1cccc(OC2CCCC2)c1CCN1CCNCC1. The first-order chi connectivity index (χ1) is 10.3. The van der Waals surface area contributed by atoms with Crippen LogP contribution in [0.3, 0.4) is 0 Å². The van der Waals surface area contributed by atoms with Crippen molar-refractivity contribution in [3.63, 3.8) is 0 Å². The minimum atomic E-state index is 0.449. The zero-order valence-electron chi connectivity index (χ0n) is 13.2. The van der Waals surface area contributed by atoms with E-state index in [4.69, 9.17) is 4.74 Å². The molecule has 1 aromatic carbocycles. The molecule has 1 aliphatic carbocycles. The van der Waals surface area contributed by atoms with Crippen LogP contribution in [0.4, 0.5) is 0 Å². The van der Waals surface area contributed by atoms with Crippen LogP contribution in [0, 0.1) is 6.92 Å². The highest BCUT2D eigenvalue weighted by Crippen LogP contribution is 2.28. The van der Waals surface area contributed by atoms with Gasteiger partial charge in [0.2, 0.25) is 0 Å². The van der Waals surface area contributed by atoms with Crippen LogP contribution in [0.15, 0.2) is 18.2 Å². The molecule has 0 atom stereocenters. The number of aryl methyl sites for hydroxylation is 1. The van der Waals surface area contributed by atoms with Gasteiger partial charge >= 0.3 is 0 Å². The van der Waals surface area contributed by atoms with Gasteiger partial charge in [-0.2, -0.15) is 0 Å². The zero-order valence-corrected chi connectivity index (χ0v) is 13.2. The Kier molecular flexibility index (Phi) is 5.15. The van der Waals surface area contributed by atoms with Gasteiger partial charge < -0.3 is 15.0 Å². The summed E-state index contributed by atoms with van der Waals surface area (Å²) in [6.45, 7) is 7.95. The fourth-order valence-corrected chi connectivity index (χ4v) is 3.50. The minimum absolute atomic E-state index is 0.449.